The minimum atomic E-state index is -0.334. The molecule has 3 heteroatoms. The second-order valence-corrected chi connectivity index (χ2v) is 5.85. The molecule has 17 heavy (non-hydrogen) atoms. The molecule has 1 amide bonds. The molecule has 0 heterocycles. The molecule has 0 aliphatic heterocycles. The summed E-state index contributed by atoms with van der Waals surface area (Å²) < 4.78 is 0. The van der Waals surface area contributed by atoms with Crippen LogP contribution in [-0.2, 0) is 4.79 Å². The zero-order chi connectivity index (χ0) is 12.4. The number of nitrogens with zero attached hydrogens (tertiary/aromatic N) is 1. The van der Waals surface area contributed by atoms with Crippen LogP contribution in [-0.4, -0.2) is 28.9 Å². The Bertz CT molecular complexity index is 265. The number of hydrogen-bond donors (Lipinski definition) is 1. The number of carbonyl (C=O) groups is 1. The van der Waals surface area contributed by atoms with Gasteiger partial charge in [0.15, 0.2) is 0 Å². The van der Waals surface area contributed by atoms with Gasteiger partial charge in [-0.2, -0.15) is 0 Å². The molecule has 0 aromatic rings. The first-order chi connectivity index (χ1) is 8.13. The van der Waals surface area contributed by atoms with Crippen LogP contribution >= 0.6 is 0 Å². The number of nitrogens with two attached hydrogens (primary N) is 1. The fourth-order valence-corrected chi connectivity index (χ4v) is 3.08. The van der Waals surface area contributed by atoms with Crippen LogP contribution in [0.2, 0.25) is 0 Å². The summed E-state index contributed by atoms with van der Waals surface area (Å²) in [5.74, 6) is 1.06. The molecule has 0 bridgehead atoms. The van der Waals surface area contributed by atoms with E-state index >= 15 is 0 Å². The monoisotopic (exact) mass is 238 g/mol. The van der Waals surface area contributed by atoms with E-state index in [0.717, 1.165) is 5.92 Å². The number of rotatable bonds is 4. The Balaban J connectivity index is 1.95. The fraction of sp³-hybridized carbons (Fsp3) is 0.929. The molecule has 0 saturated heterocycles. The van der Waals surface area contributed by atoms with Crippen molar-refractivity contribution in [2.45, 2.75) is 76.9 Å². The Kier molecular flexibility index (Phi) is 4.08. The molecule has 0 unspecified atom stereocenters. The van der Waals surface area contributed by atoms with Crippen molar-refractivity contribution in [3.63, 3.8) is 0 Å². The summed E-state index contributed by atoms with van der Waals surface area (Å²) in [5.41, 5.74) is 5.77. The number of amides is 1. The molecule has 3 nitrogen and oxygen atoms in total. The lowest BCUT2D eigenvalue weighted by molar-refractivity contribution is -0.136. The lowest BCUT2D eigenvalue weighted by atomic mass is 9.83. The van der Waals surface area contributed by atoms with Crippen molar-refractivity contribution in [2.75, 3.05) is 0 Å². The Hall–Kier alpha value is -0.570. The molecule has 0 radical (unpaired) electrons. The molecule has 2 rings (SSSR count). The van der Waals surface area contributed by atoms with Gasteiger partial charge in [-0.1, -0.05) is 13.3 Å². The van der Waals surface area contributed by atoms with Crippen LogP contribution in [0, 0.1) is 5.92 Å². The van der Waals surface area contributed by atoms with Crippen molar-refractivity contribution in [3.8, 4) is 0 Å². The normalized spacial score (nSPS) is 31.0. The van der Waals surface area contributed by atoms with Crippen molar-refractivity contribution < 1.29 is 4.79 Å². The zero-order valence-corrected chi connectivity index (χ0v) is 11.2. The van der Waals surface area contributed by atoms with Gasteiger partial charge in [-0.05, 0) is 51.4 Å². The molecule has 98 valence electrons. The Morgan fingerprint density at radius 3 is 2.00 bits per heavy atom. The molecular weight excluding hydrogens is 212 g/mol. The van der Waals surface area contributed by atoms with Crippen LogP contribution in [0.1, 0.15) is 58.8 Å². The molecular formula is C14H26N2O. The van der Waals surface area contributed by atoms with E-state index in [2.05, 4.69) is 11.8 Å². The highest BCUT2D eigenvalue weighted by Gasteiger charge is 2.39. The highest BCUT2D eigenvalue weighted by molar-refractivity contribution is 5.82. The molecule has 1 atom stereocenters. The van der Waals surface area contributed by atoms with Crippen LogP contribution < -0.4 is 5.73 Å². The van der Waals surface area contributed by atoms with E-state index in [0.29, 0.717) is 12.1 Å². The molecule has 0 spiro atoms. The third-order valence-corrected chi connectivity index (χ3v) is 4.37. The van der Waals surface area contributed by atoms with Crippen molar-refractivity contribution >= 4 is 5.91 Å². The highest BCUT2D eigenvalue weighted by Crippen LogP contribution is 2.36. The van der Waals surface area contributed by atoms with Gasteiger partial charge in [0, 0.05) is 12.1 Å². The van der Waals surface area contributed by atoms with Gasteiger partial charge >= 0.3 is 0 Å². The Morgan fingerprint density at radius 1 is 1.18 bits per heavy atom. The average molecular weight is 238 g/mol. The second kappa shape index (κ2) is 5.38. The van der Waals surface area contributed by atoms with E-state index in [9.17, 15) is 4.79 Å². The van der Waals surface area contributed by atoms with Crippen LogP contribution in [0.5, 0.6) is 0 Å². The summed E-state index contributed by atoms with van der Waals surface area (Å²) in [6.07, 6.45) is 8.61. The lowest BCUT2D eigenvalue weighted by Crippen LogP contribution is -2.49. The van der Waals surface area contributed by atoms with Gasteiger partial charge in [0.2, 0.25) is 5.91 Å². The van der Waals surface area contributed by atoms with E-state index in [4.69, 9.17) is 5.73 Å². The quantitative estimate of drug-likeness (QED) is 0.817. The number of hydrogen-bond acceptors (Lipinski definition) is 2. The van der Waals surface area contributed by atoms with Crippen LogP contribution in [0.25, 0.3) is 0 Å². The molecule has 0 aromatic carbocycles. The van der Waals surface area contributed by atoms with Crippen molar-refractivity contribution in [3.05, 3.63) is 0 Å². The molecule has 2 saturated carbocycles. The smallest absolute Gasteiger partial charge is 0.239 e. The highest BCUT2D eigenvalue weighted by atomic mass is 16.2. The first-order valence-electron chi connectivity index (χ1n) is 7.21. The second-order valence-electron chi connectivity index (χ2n) is 5.85. The predicted molar refractivity (Wildman–Crippen MR) is 69.6 cm³/mol. The van der Waals surface area contributed by atoms with E-state index in [1.54, 1.807) is 0 Å². The molecule has 2 aliphatic rings. The zero-order valence-electron chi connectivity index (χ0n) is 11.2. The third kappa shape index (κ3) is 3.01. The maximum atomic E-state index is 12.2. The van der Waals surface area contributed by atoms with Gasteiger partial charge < -0.3 is 10.6 Å². The topological polar surface area (TPSA) is 46.3 Å². The summed E-state index contributed by atoms with van der Waals surface area (Å²) in [5, 5.41) is 0. The van der Waals surface area contributed by atoms with Crippen LogP contribution in [0.4, 0.5) is 0 Å². The standard InChI is InChI=1S/C14H26N2O/c1-3-11-4-6-12(7-5-11)16(13-8-9-13)14(17)10(2)15/h10-13H,3-9,15H2,1-2H3/t10-,11?,12?/m0/s1. The first-order valence-corrected chi connectivity index (χ1v) is 7.21. The molecule has 2 aliphatic carbocycles. The summed E-state index contributed by atoms with van der Waals surface area (Å²) in [6, 6.07) is 0.653. The Labute approximate surface area is 105 Å². The summed E-state index contributed by atoms with van der Waals surface area (Å²) >= 11 is 0. The van der Waals surface area contributed by atoms with Gasteiger partial charge in [0.1, 0.15) is 0 Å². The van der Waals surface area contributed by atoms with Crippen LogP contribution in [0.15, 0.2) is 0 Å². The largest absolute Gasteiger partial charge is 0.335 e. The Morgan fingerprint density at radius 2 is 1.65 bits per heavy atom. The maximum Gasteiger partial charge on any atom is 0.239 e. The van der Waals surface area contributed by atoms with Crippen LogP contribution in [0.3, 0.4) is 0 Å². The van der Waals surface area contributed by atoms with Gasteiger partial charge in [-0.25, -0.2) is 0 Å². The van der Waals surface area contributed by atoms with Gasteiger partial charge in [0.25, 0.3) is 0 Å². The SMILES string of the molecule is CCC1CCC(N(C(=O)[C@H](C)N)C2CC2)CC1. The first kappa shape index (κ1) is 12.9. The average Bonchev–Trinajstić information content (AvgIpc) is 3.14. The predicted octanol–water partition coefficient (Wildman–Crippen LogP) is 2.29. The number of carbonyl (C=O) groups excluding carboxylic acids is 1. The third-order valence-electron chi connectivity index (χ3n) is 4.37. The van der Waals surface area contributed by atoms with Crippen molar-refractivity contribution in [1.82, 2.24) is 4.90 Å². The van der Waals surface area contributed by atoms with Crippen molar-refractivity contribution in [1.29, 1.82) is 0 Å². The molecule has 2 fully saturated rings. The van der Waals surface area contributed by atoms with E-state index in [-0.39, 0.29) is 11.9 Å². The maximum absolute atomic E-state index is 12.2. The van der Waals surface area contributed by atoms with Gasteiger partial charge in [-0.3, -0.25) is 4.79 Å². The minimum Gasteiger partial charge on any atom is -0.335 e. The lowest BCUT2D eigenvalue weighted by Gasteiger charge is -2.38. The minimum absolute atomic E-state index is 0.174. The fourth-order valence-electron chi connectivity index (χ4n) is 3.08. The van der Waals surface area contributed by atoms with E-state index in [1.165, 1.54) is 44.9 Å². The summed E-state index contributed by atoms with van der Waals surface area (Å²) in [4.78, 5) is 14.3. The molecule has 2 N–H and O–H groups in total. The van der Waals surface area contributed by atoms with Gasteiger partial charge in [-0.15, -0.1) is 0 Å². The van der Waals surface area contributed by atoms with Gasteiger partial charge in [0.05, 0.1) is 6.04 Å². The van der Waals surface area contributed by atoms with E-state index in [1.807, 2.05) is 6.92 Å². The van der Waals surface area contributed by atoms with Crippen molar-refractivity contribution in [2.24, 2.45) is 11.7 Å². The molecule has 0 aromatic heterocycles. The summed E-state index contributed by atoms with van der Waals surface area (Å²) in [6.45, 7) is 4.09. The van der Waals surface area contributed by atoms with E-state index < -0.39 is 0 Å². The summed E-state index contributed by atoms with van der Waals surface area (Å²) in [7, 11) is 0.